The van der Waals surface area contributed by atoms with Gasteiger partial charge < -0.3 is 20.1 Å². The van der Waals surface area contributed by atoms with Gasteiger partial charge in [-0.3, -0.25) is 10.2 Å². The second-order valence-corrected chi connectivity index (χ2v) is 7.53. The van der Waals surface area contributed by atoms with Gasteiger partial charge >= 0.3 is 0 Å². The fourth-order valence-electron chi connectivity index (χ4n) is 4.25. The van der Waals surface area contributed by atoms with Crippen molar-refractivity contribution in [3.8, 4) is 6.07 Å². The van der Waals surface area contributed by atoms with Gasteiger partial charge in [0.1, 0.15) is 23.7 Å². The van der Waals surface area contributed by atoms with Crippen LogP contribution in [0.15, 0.2) is 41.5 Å². The monoisotopic (exact) mass is 404 g/mol. The van der Waals surface area contributed by atoms with Crippen LogP contribution in [0.1, 0.15) is 24.1 Å². The maximum atomic E-state index is 12.7. The number of nitriles is 1. The third-order valence-electron chi connectivity index (χ3n) is 5.61. The number of nitrogens with one attached hydrogen (secondary N) is 3. The van der Waals surface area contributed by atoms with Gasteiger partial charge in [0.05, 0.1) is 12.1 Å². The summed E-state index contributed by atoms with van der Waals surface area (Å²) in [5.74, 6) is 0.983. The maximum Gasteiger partial charge on any atom is 0.236 e. The second kappa shape index (κ2) is 8.88. The van der Waals surface area contributed by atoms with E-state index in [1.807, 2.05) is 23.1 Å². The molecule has 0 saturated carbocycles. The van der Waals surface area contributed by atoms with E-state index in [4.69, 9.17) is 10.7 Å². The third-order valence-corrected chi connectivity index (χ3v) is 5.61. The first-order chi connectivity index (χ1) is 14.7. The summed E-state index contributed by atoms with van der Waals surface area (Å²) in [5.41, 5.74) is 2.07. The zero-order chi connectivity index (χ0) is 20.9. The summed E-state index contributed by atoms with van der Waals surface area (Å²) < 4.78 is 0. The molecule has 2 saturated heterocycles. The number of H-pyrrole nitrogens is 1. The minimum Gasteiger partial charge on any atom is -0.347 e. The Bertz CT molecular complexity index is 1010. The number of hydrogen-bond acceptors (Lipinski definition) is 6. The number of likely N-dealkylation sites (tertiary alicyclic amines) is 1. The van der Waals surface area contributed by atoms with Crippen LogP contribution in [-0.2, 0) is 11.3 Å². The molecule has 4 rings (SSSR count). The van der Waals surface area contributed by atoms with Gasteiger partial charge in [-0.1, -0.05) is 6.07 Å². The first-order valence-electron chi connectivity index (χ1n) is 10.0. The molecule has 0 aliphatic carbocycles. The lowest BCUT2D eigenvalue weighted by molar-refractivity contribution is -0.131. The Morgan fingerprint density at radius 2 is 2.13 bits per heavy atom. The lowest BCUT2D eigenvalue weighted by Crippen LogP contribution is -2.57. The van der Waals surface area contributed by atoms with E-state index in [-0.39, 0.29) is 24.5 Å². The van der Waals surface area contributed by atoms with Crippen molar-refractivity contribution < 1.29 is 4.79 Å². The molecule has 2 fully saturated rings. The minimum atomic E-state index is 0.0969. The smallest absolute Gasteiger partial charge is 0.236 e. The number of hydrogen-bond donors (Lipinski definition) is 3. The molecule has 154 valence electrons. The highest BCUT2D eigenvalue weighted by Gasteiger charge is 2.41. The molecule has 0 radical (unpaired) electrons. The van der Waals surface area contributed by atoms with Crippen LogP contribution in [0.4, 0.5) is 5.82 Å². The van der Waals surface area contributed by atoms with Crippen LogP contribution in [-0.4, -0.2) is 58.8 Å². The molecular formula is C21H24N8O. The number of aromatic amines is 1. The van der Waals surface area contributed by atoms with Gasteiger partial charge in [0.2, 0.25) is 5.91 Å². The largest absolute Gasteiger partial charge is 0.347 e. The molecular weight excluding hydrogens is 380 g/mol. The Morgan fingerprint density at radius 1 is 1.33 bits per heavy atom. The van der Waals surface area contributed by atoms with Crippen molar-refractivity contribution in [2.75, 3.05) is 24.5 Å². The van der Waals surface area contributed by atoms with Gasteiger partial charge in [0.25, 0.3) is 0 Å². The highest BCUT2D eigenvalue weighted by molar-refractivity contribution is 5.79. The van der Waals surface area contributed by atoms with Gasteiger partial charge in [0, 0.05) is 43.6 Å². The molecule has 4 heterocycles. The number of anilines is 1. The van der Waals surface area contributed by atoms with Crippen molar-refractivity contribution >= 4 is 18.1 Å². The molecule has 2 aliphatic rings. The molecule has 0 aromatic carbocycles. The Kier molecular flexibility index (Phi) is 5.86. The first kappa shape index (κ1) is 19.8. The van der Waals surface area contributed by atoms with E-state index in [9.17, 15) is 4.79 Å². The Hall–Kier alpha value is -3.51. The van der Waals surface area contributed by atoms with E-state index >= 15 is 0 Å². The zero-order valence-corrected chi connectivity index (χ0v) is 16.6. The van der Waals surface area contributed by atoms with Gasteiger partial charge in [-0.2, -0.15) is 5.26 Å². The van der Waals surface area contributed by atoms with E-state index in [0.29, 0.717) is 30.7 Å². The average Bonchev–Trinajstić information content (AvgIpc) is 3.03. The van der Waals surface area contributed by atoms with Crippen LogP contribution >= 0.6 is 0 Å². The first-order valence-corrected chi connectivity index (χ1v) is 10.0. The van der Waals surface area contributed by atoms with Crippen molar-refractivity contribution in [1.82, 2.24) is 20.2 Å². The van der Waals surface area contributed by atoms with E-state index in [0.717, 1.165) is 30.7 Å². The number of fused-ring (bicyclic) bond motifs is 2. The highest BCUT2D eigenvalue weighted by Crippen LogP contribution is 2.33. The van der Waals surface area contributed by atoms with E-state index < -0.39 is 0 Å². The standard InChI is InChI=1S/C21H24N8O/c22-8-15-4-7-20(25-9-15)29-17-5-6-18(29)13-28(12-17)21(30)11-24-10-16-2-1-3-19(27-16)26-14-23/h1-4,7,9,14,17-18,24H,5-6,10-13H2,(H2,23,26,27). The summed E-state index contributed by atoms with van der Waals surface area (Å²) in [6.45, 7) is 2.18. The van der Waals surface area contributed by atoms with Crippen molar-refractivity contribution in [2.24, 2.45) is 4.99 Å². The Morgan fingerprint density at radius 3 is 2.80 bits per heavy atom. The predicted molar refractivity (Wildman–Crippen MR) is 112 cm³/mol. The molecule has 1 amide bonds. The number of rotatable bonds is 6. The molecule has 0 spiro atoms. The molecule has 2 aromatic rings. The Balaban J connectivity index is 1.32. The van der Waals surface area contributed by atoms with E-state index in [1.54, 1.807) is 18.3 Å². The summed E-state index contributed by atoms with van der Waals surface area (Å²) in [7, 11) is 0. The van der Waals surface area contributed by atoms with Crippen LogP contribution in [0.3, 0.4) is 0 Å². The summed E-state index contributed by atoms with van der Waals surface area (Å²) in [5, 5.41) is 19.2. The number of amides is 1. The number of aromatic nitrogens is 2. The lowest BCUT2D eigenvalue weighted by Gasteiger charge is -2.41. The zero-order valence-electron chi connectivity index (χ0n) is 16.6. The molecule has 3 N–H and O–H groups in total. The lowest BCUT2D eigenvalue weighted by atomic mass is 10.1. The van der Waals surface area contributed by atoms with Crippen LogP contribution < -0.4 is 15.7 Å². The van der Waals surface area contributed by atoms with Crippen molar-refractivity contribution in [3.63, 3.8) is 0 Å². The van der Waals surface area contributed by atoms with Crippen molar-refractivity contribution in [1.29, 1.82) is 10.7 Å². The molecule has 9 heteroatoms. The molecule has 2 bridgehead atoms. The highest BCUT2D eigenvalue weighted by atomic mass is 16.2. The summed E-state index contributed by atoms with van der Waals surface area (Å²) in [6, 6.07) is 11.9. The van der Waals surface area contributed by atoms with Crippen molar-refractivity contribution in [3.05, 3.63) is 53.3 Å². The molecule has 30 heavy (non-hydrogen) atoms. The Labute approximate surface area is 174 Å². The summed E-state index contributed by atoms with van der Waals surface area (Å²) >= 11 is 0. The average molecular weight is 404 g/mol. The molecule has 2 aliphatic heterocycles. The van der Waals surface area contributed by atoms with Crippen molar-refractivity contribution in [2.45, 2.75) is 31.5 Å². The van der Waals surface area contributed by atoms with Gasteiger partial charge in [0.15, 0.2) is 0 Å². The number of pyridine rings is 2. The van der Waals surface area contributed by atoms with Gasteiger partial charge in [-0.25, -0.2) is 9.98 Å². The number of carbonyl (C=O) groups excluding carboxylic acids is 1. The van der Waals surface area contributed by atoms with Gasteiger partial charge in [-0.15, -0.1) is 0 Å². The molecule has 9 nitrogen and oxygen atoms in total. The van der Waals surface area contributed by atoms with E-state index in [1.165, 1.54) is 0 Å². The number of piperazine rings is 1. The molecule has 2 atom stereocenters. The topological polar surface area (TPSA) is 124 Å². The van der Waals surface area contributed by atoms with Crippen LogP contribution in [0.25, 0.3) is 0 Å². The normalized spacial score (nSPS) is 20.8. The SMILES string of the molecule is N#Cc1ccc(N2C3CCC2CN(C(=O)CNCc2ccc/c(=N/C=N)[nH]2)C3)nc1. The van der Waals surface area contributed by atoms with Gasteiger partial charge in [-0.05, 0) is 37.1 Å². The predicted octanol–water partition coefficient (Wildman–Crippen LogP) is 0.759. The maximum absolute atomic E-state index is 12.7. The second-order valence-electron chi connectivity index (χ2n) is 7.53. The fourth-order valence-corrected chi connectivity index (χ4v) is 4.25. The third kappa shape index (κ3) is 4.23. The molecule has 2 unspecified atom stereocenters. The van der Waals surface area contributed by atoms with E-state index in [2.05, 4.69) is 31.2 Å². The van der Waals surface area contributed by atoms with Crippen LogP contribution in [0, 0.1) is 16.7 Å². The minimum absolute atomic E-state index is 0.0969. The number of nitrogens with zero attached hydrogens (tertiary/aromatic N) is 5. The summed E-state index contributed by atoms with van der Waals surface area (Å²) in [6.07, 6.45) is 4.69. The van der Waals surface area contributed by atoms with Crippen LogP contribution in [0.5, 0.6) is 0 Å². The molecule has 2 aromatic heterocycles. The fraction of sp³-hybridized carbons (Fsp3) is 0.381. The quantitative estimate of drug-likeness (QED) is 0.484. The van der Waals surface area contributed by atoms with Crippen LogP contribution in [0.2, 0.25) is 0 Å². The summed E-state index contributed by atoms with van der Waals surface area (Å²) in [4.78, 5) is 28.5. The number of carbonyl (C=O) groups is 1.